The van der Waals surface area contributed by atoms with Gasteiger partial charge in [0.1, 0.15) is 13.2 Å². The number of aliphatic hydroxyl groups is 1. The molecular formula is C63H124N2O6P+. The molecule has 0 aliphatic heterocycles. The Bertz CT molecular complexity index is 1270. The number of hydrogen-bond donors (Lipinski definition) is 3. The zero-order valence-corrected chi connectivity index (χ0v) is 49.6. The van der Waals surface area contributed by atoms with E-state index in [-0.39, 0.29) is 19.1 Å². The van der Waals surface area contributed by atoms with Crippen LogP contribution in [0.5, 0.6) is 0 Å². The van der Waals surface area contributed by atoms with Crippen LogP contribution in [0.25, 0.3) is 0 Å². The number of rotatable bonds is 58. The SMILES string of the molecule is CCCCCCC/C=C\C/C=C\C/C=C\CCCCCCCCCCCCCCCCCCCCCCC(=O)NC(COP(=O)(O)OCC[N+](C)(C)C)C(O)CCCCCCCCCCCCCCCCC. The number of carbonyl (C=O) groups excluding carboxylic acids is 1. The number of amides is 1. The number of carbonyl (C=O) groups is 1. The number of phosphoric ester groups is 1. The molecule has 3 unspecified atom stereocenters. The monoisotopic (exact) mass is 1040 g/mol. The van der Waals surface area contributed by atoms with Crippen LogP contribution < -0.4 is 5.32 Å². The lowest BCUT2D eigenvalue weighted by Crippen LogP contribution is -2.46. The summed E-state index contributed by atoms with van der Waals surface area (Å²) in [6, 6.07) is -0.758. The number of phosphoric acid groups is 1. The fourth-order valence-electron chi connectivity index (χ4n) is 9.47. The van der Waals surface area contributed by atoms with Gasteiger partial charge in [-0.05, 0) is 51.4 Å². The second-order valence-electron chi connectivity index (χ2n) is 22.8. The van der Waals surface area contributed by atoms with Crippen molar-refractivity contribution in [1.82, 2.24) is 5.32 Å². The number of nitrogens with zero attached hydrogens (tertiary/aromatic N) is 1. The molecular weight excluding hydrogens is 912 g/mol. The van der Waals surface area contributed by atoms with E-state index in [0.717, 1.165) is 51.4 Å². The molecule has 426 valence electrons. The van der Waals surface area contributed by atoms with Crippen LogP contribution in [0, 0.1) is 0 Å². The van der Waals surface area contributed by atoms with E-state index in [0.29, 0.717) is 23.9 Å². The molecule has 0 aromatic carbocycles. The number of hydrogen-bond acceptors (Lipinski definition) is 5. The lowest BCUT2D eigenvalue weighted by atomic mass is 10.0. The van der Waals surface area contributed by atoms with Crippen molar-refractivity contribution in [2.24, 2.45) is 0 Å². The summed E-state index contributed by atoms with van der Waals surface area (Å²) in [5.41, 5.74) is 0. The van der Waals surface area contributed by atoms with E-state index in [2.05, 4.69) is 55.6 Å². The first-order valence-electron chi connectivity index (χ1n) is 31.4. The van der Waals surface area contributed by atoms with E-state index in [9.17, 15) is 19.4 Å². The first-order valence-corrected chi connectivity index (χ1v) is 32.8. The molecule has 0 saturated carbocycles. The largest absolute Gasteiger partial charge is 0.472 e. The molecule has 3 N–H and O–H groups in total. The van der Waals surface area contributed by atoms with Crippen LogP contribution in [-0.2, 0) is 18.4 Å². The van der Waals surface area contributed by atoms with Gasteiger partial charge in [0.2, 0.25) is 5.91 Å². The fourth-order valence-corrected chi connectivity index (χ4v) is 10.2. The minimum Gasteiger partial charge on any atom is -0.391 e. The summed E-state index contributed by atoms with van der Waals surface area (Å²) in [6.07, 6.45) is 70.8. The van der Waals surface area contributed by atoms with E-state index >= 15 is 0 Å². The molecule has 0 rings (SSSR count). The number of aliphatic hydroxyl groups excluding tert-OH is 1. The third-order valence-electron chi connectivity index (χ3n) is 14.4. The second-order valence-corrected chi connectivity index (χ2v) is 24.2. The van der Waals surface area contributed by atoms with Crippen LogP contribution in [0.2, 0.25) is 0 Å². The molecule has 3 atom stereocenters. The summed E-state index contributed by atoms with van der Waals surface area (Å²) in [4.78, 5) is 23.3. The maximum atomic E-state index is 13.0. The van der Waals surface area contributed by atoms with Gasteiger partial charge in [0.15, 0.2) is 0 Å². The minimum atomic E-state index is -4.32. The number of unbranched alkanes of at least 4 members (excludes halogenated alkanes) is 39. The van der Waals surface area contributed by atoms with Crippen LogP contribution in [0.15, 0.2) is 36.5 Å². The van der Waals surface area contributed by atoms with Gasteiger partial charge in [-0.3, -0.25) is 13.8 Å². The molecule has 0 fully saturated rings. The highest BCUT2D eigenvalue weighted by Crippen LogP contribution is 2.43. The molecule has 0 radical (unpaired) electrons. The fraction of sp³-hybridized carbons (Fsp3) is 0.889. The van der Waals surface area contributed by atoms with Gasteiger partial charge in [0.25, 0.3) is 0 Å². The predicted molar refractivity (Wildman–Crippen MR) is 314 cm³/mol. The maximum Gasteiger partial charge on any atom is 0.472 e. The Morgan fingerprint density at radius 3 is 1.15 bits per heavy atom. The zero-order valence-electron chi connectivity index (χ0n) is 48.7. The highest BCUT2D eigenvalue weighted by Gasteiger charge is 2.28. The molecule has 0 saturated heterocycles. The van der Waals surface area contributed by atoms with Crippen LogP contribution in [0.3, 0.4) is 0 Å². The predicted octanol–water partition coefficient (Wildman–Crippen LogP) is 19.3. The van der Waals surface area contributed by atoms with Crippen molar-refractivity contribution < 1.29 is 32.9 Å². The maximum absolute atomic E-state index is 13.0. The minimum absolute atomic E-state index is 0.0765. The number of allylic oxidation sites excluding steroid dienone is 6. The first-order chi connectivity index (χ1) is 35.0. The lowest BCUT2D eigenvalue weighted by Gasteiger charge is -2.26. The number of likely N-dealkylation sites (N-methyl/N-ethyl adjacent to an activating group) is 1. The van der Waals surface area contributed by atoms with Gasteiger partial charge in [-0.15, -0.1) is 0 Å². The van der Waals surface area contributed by atoms with E-state index in [4.69, 9.17) is 9.05 Å². The molecule has 0 aromatic heterocycles. The molecule has 0 bridgehead atoms. The van der Waals surface area contributed by atoms with Gasteiger partial charge in [0.05, 0.1) is 39.9 Å². The molecule has 0 spiro atoms. The van der Waals surface area contributed by atoms with Crippen LogP contribution in [0.1, 0.15) is 309 Å². The van der Waals surface area contributed by atoms with Crippen molar-refractivity contribution in [3.8, 4) is 0 Å². The molecule has 1 amide bonds. The molecule has 0 aromatic rings. The van der Waals surface area contributed by atoms with Crippen LogP contribution in [-0.4, -0.2) is 73.4 Å². The van der Waals surface area contributed by atoms with Crippen LogP contribution in [0.4, 0.5) is 0 Å². The Morgan fingerprint density at radius 1 is 0.472 bits per heavy atom. The number of nitrogens with one attached hydrogen (secondary N) is 1. The van der Waals surface area contributed by atoms with Gasteiger partial charge in [-0.2, -0.15) is 0 Å². The van der Waals surface area contributed by atoms with E-state index in [1.807, 2.05) is 21.1 Å². The first kappa shape index (κ1) is 70.7. The van der Waals surface area contributed by atoms with E-state index in [1.54, 1.807) is 0 Å². The summed E-state index contributed by atoms with van der Waals surface area (Å²) in [6.45, 7) is 4.91. The quantitative estimate of drug-likeness (QED) is 0.0243. The lowest BCUT2D eigenvalue weighted by molar-refractivity contribution is -0.870. The van der Waals surface area contributed by atoms with Crippen molar-refractivity contribution in [2.75, 3.05) is 40.9 Å². The van der Waals surface area contributed by atoms with Crippen molar-refractivity contribution in [1.29, 1.82) is 0 Å². The normalized spacial score (nSPS) is 14.0. The van der Waals surface area contributed by atoms with Gasteiger partial charge in [0, 0.05) is 6.42 Å². The smallest absolute Gasteiger partial charge is 0.391 e. The van der Waals surface area contributed by atoms with Crippen LogP contribution >= 0.6 is 7.82 Å². The van der Waals surface area contributed by atoms with Gasteiger partial charge < -0.3 is 19.8 Å². The molecule has 9 heteroatoms. The molecule has 0 heterocycles. The molecule has 0 aliphatic rings. The topological polar surface area (TPSA) is 105 Å². The highest BCUT2D eigenvalue weighted by molar-refractivity contribution is 7.47. The molecule has 0 aliphatic carbocycles. The second kappa shape index (κ2) is 54.5. The van der Waals surface area contributed by atoms with Crippen molar-refractivity contribution in [2.45, 2.75) is 321 Å². The van der Waals surface area contributed by atoms with E-state index < -0.39 is 20.0 Å². The standard InChI is InChI=1S/C63H123N2O6P/c1-6-8-10-12-14-16-18-20-22-23-24-25-26-27-28-29-30-31-32-33-34-35-36-37-38-39-40-41-43-45-47-49-51-53-55-57-63(67)64-61(60-71-72(68,69)70-59-58-65(3,4)5)62(66)56-54-52-50-48-46-44-42-21-19-17-15-13-11-9-7-2/h18,20,23-24,26-27,61-62,66H,6-17,19,21-22,25,28-60H2,1-5H3,(H-,64,67,68,69)/p+1/b20-18-,24-23-,27-26-. The summed E-state index contributed by atoms with van der Waals surface area (Å²) in [5, 5.41) is 14.1. The zero-order chi connectivity index (χ0) is 52.7. The molecule has 8 nitrogen and oxygen atoms in total. The van der Waals surface area contributed by atoms with Crippen molar-refractivity contribution in [3.63, 3.8) is 0 Å². The molecule has 72 heavy (non-hydrogen) atoms. The van der Waals surface area contributed by atoms with Gasteiger partial charge in [-0.25, -0.2) is 4.57 Å². The Morgan fingerprint density at radius 2 is 0.792 bits per heavy atom. The highest BCUT2D eigenvalue weighted by atomic mass is 31.2. The third-order valence-corrected chi connectivity index (χ3v) is 15.4. The van der Waals surface area contributed by atoms with Crippen molar-refractivity contribution >= 4 is 13.7 Å². The Hall–Kier alpha value is -1.28. The van der Waals surface area contributed by atoms with Gasteiger partial charge in [-0.1, -0.05) is 288 Å². The van der Waals surface area contributed by atoms with Gasteiger partial charge >= 0.3 is 7.82 Å². The summed E-state index contributed by atoms with van der Waals surface area (Å²) in [7, 11) is 1.63. The Kier molecular flexibility index (Phi) is 53.5. The average molecular weight is 1040 g/mol. The summed E-state index contributed by atoms with van der Waals surface area (Å²) in [5.74, 6) is -0.139. The Balaban J connectivity index is 3.95. The Labute approximate surface area is 448 Å². The third kappa shape index (κ3) is 56.4. The van der Waals surface area contributed by atoms with Crippen molar-refractivity contribution in [3.05, 3.63) is 36.5 Å². The summed E-state index contributed by atoms with van der Waals surface area (Å²) < 4.78 is 23.8. The summed E-state index contributed by atoms with van der Waals surface area (Å²) >= 11 is 0. The number of quaternary nitrogens is 1. The van der Waals surface area contributed by atoms with E-state index in [1.165, 1.54) is 231 Å². The average Bonchev–Trinajstić information content (AvgIpc) is 3.34.